The number of benzene rings is 1. The molecule has 0 fully saturated rings. The Bertz CT molecular complexity index is 796. The van der Waals surface area contributed by atoms with Gasteiger partial charge in [-0.2, -0.15) is 5.10 Å². The Labute approximate surface area is 194 Å². The van der Waals surface area contributed by atoms with Crippen LogP contribution in [0.2, 0.25) is 0 Å². The van der Waals surface area contributed by atoms with Crippen LogP contribution >= 0.6 is 39.9 Å². The molecule has 1 atom stereocenters. The second-order valence-corrected chi connectivity index (χ2v) is 8.75. The van der Waals surface area contributed by atoms with Crippen LogP contribution in [0.15, 0.2) is 33.7 Å². The molecule has 0 saturated carbocycles. The second-order valence-electron chi connectivity index (χ2n) is 7.84. The Kier molecular flexibility index (Phi) is 9.46. The van der Waals surface area contributed by atoms with Crippen LogP contribution in [0.25, 0.3) is 0 Å². The lowest BCUT2D eigenvalue weighted by Crippen LogP contribution is -2.47. The van der Waals surface area contributed by atoms with Crippen molar-refractivity contribution in [2.45, 2.75) is 52.5 Å². The van der Waals surface area contributed by atoms with E-state index in [0.717, 1.165) is 29.1 Å². The van der Waals surface area contributed by atoms with E-state index in [4.69, 9.17) is 0 Å². The van der Waals surface area contributed by atoms with Crippen molar-refractivity contribution in [3.05, 3.63) is 51.3 Å². The van der Waals surface area contributed by atoms with E-state index < -0.39 is 0 Å². The number of hydrogen-bond acceptors (Lipinski definition) is 2. The maximum atomic E-state index is 4.51. The molecule has 2 aromatic rings. The van der Waals surface area contributed by atoms with Gasteiger partial charge in [0.2, 0.25) is 0 Å². The minimum Gasteiger partial charge on any atom is -0.356 e. The smallest absolute Gasteiger partial charge is 0.191 e. The number of aliphatic imine (C=N–C) groups is 1. The average molecular weight is 562 g/mol. The molecule has 0 aliphatic heterocycles. The molecular formula is C21H33BrIN5. The van der Waals surface area contributed by atoms with E-state index >= 15 is 0 Å². The van der Waals surface area contributed by atoms with Crippen molar-refractivity contribution in [3.8, 4) is 0 Å². The highest BCUT2D eigenvalue weighted by atomic mass is 127. The Morgan fingerprint density at radius 3 is 2.36 bits per heavy atom. The topological polar surface area (TPSA) is 54.2 Å². The minimum atomic E-state index is -0.00190. The zero-order chi connectivity index (χ0) is 20.2. The molecular weight excluding hydrogens is 529 g/mol. The monoisotopic (exact) mass is 561 g/mol. The lowest BCUT2D eigenvalue weighted by atomic mass is 9.85. The van der Waals surface area contributed by atoms with Gasteiger partial charge in [-0.05, 0) is 50.5 Å². The number of nitrogens with one attached hydrogen (secondary N) is 2. The first kappa shape index (κ1) is 24.9. The first-order valence-electron chi connectivity index (χ1n) is 9.36. The summed E-state index contributed by atoms with van der Waals surface area (Å²) in [5, 5.41) is 11.5. The number of rotatable bonds is 6. The van der Waals surface area contributed by atoms with E-state index in [1.165, 1.54) is 16.8 Å². The van der Waals surface area contributed by atoms with Crippen LogP contribution in [-0.2, 0) is 18.9 Å². The summed E-state index contributed by atoms with van der Waals surface area (Å²) in [6.07, 6.45) is 0.919. The maximum Gasteiger partial charge on any atom is 0.191 e. The van der Waals surface area contributed by atoms with Crippen molar-refractivity contribution in [1.82, 2.24) is 20.4 Å². The summed E-state index contributed by atoms with van der Waals surface area (Å²) >= 11 is 3.50. The summed E-state index contributed by atoms with van der Waals surface area (Å²) in [6, 6.07) is 8.76. The Hall–Kier alpha value is -1.09. The van der Waals surface area contributed by atoms with Gasteiger partial charge in [0, 0.05) is 42.3 Å². The lowest BCUT2D eigenvalue weighted by molar-refractivity contribution is 0.504. The molecule has 1 aromatic heterocycles. The lowest BCUT2D eigenvalue weighted by Gasteiger charge is -2.27. The summed E-state index contributed by atoms with van der Waals surface area (Å²) in [5.41, 5.74) is 4.92. The number of aromatic nitrogens is 2. The van der Waals surface area contributed by atoms with Gasteiger partial charge in [0.1, 0.15) is 0 Å². The van der Waals surface area contributed by atoms with Crippen molar-refractivity contribution in [1.29, 1.82) is 0 Å². The predicted octanol–water partition coefficient (Wildman–Crippen LogP) is 4.49. The molecule has 7 heteroatoms. The van der Waals surface area contributed by atoms with Crippen LogP contribution in [0.3, 0.4) is 0 Å². The predicted molar refractivity (Wildman–Crippen MR) is 133 cm³/mol. The van der Waals surface area contributed by atoms with Crippen molar-refractivity contribution < 1.29 is 0 Å². The molecule has 0 bridgehead atoms. The van der Waals surface area contributed by atoms with Gasteiger partial charge in [0.25, 0.3) is 0 Å². The second kappa shape index (κ2) is 10.6. The minimum absolute atomic E-state index is 0. The molecule has 0 saturated heterocycles. The molecule has 2 rings (SSSR count). The molecule has 1 aromatic carbocycles. The summed E-state index contributed by atoms with van der Waals surface area (Å²) in [6.45, 7) is 11.6. The Morgan fingerprint density at radius 2 is 1.86 bits per heavy atom. The van der Waals surface area contributed by atoms with E-state index in [1.54, 1.807) is 0 Å². The highest BCUT2D eigenvalue weighted by Gasteiger charge is 2.21. The fourth-order valence-electron chi connectivity index (χ4n) is 3.21. The van der Waals surface area contributed by atoms with Crippen molar-refractivity contribution in [2.24, 2.45) is 12.0 Å². The zero-order valence-electron chi connectivity index (χ0n) is 17.9. The van der Waals surface area contributed by atoms with Crippen LogP contribution < -0.4 is 10.6 Å². The summed E-state index contributed by atoms with van der Waals surface area (Å²) in [7, 11) is 3.81. The molecule has 1 heterocycles. The van der Waals surface area contributed by atoms with E-state index in [0.29, 0.717) is 0 Å². The molecule has 0 radical (unpaired) electrons. The third-order valence-electron chi connectivity index (χ3n) is 5.10. The first-order valence-corrected chi connectivity index (χ1v) is 10.2. The van der Waals surface area contributed by atoms with Crippen LogP contribution in [-0.4, -0.2) is 35.4 Å². The zero-order valence-corrected chi connectivity index (χ0v) is 21.8. The summed E-state index contributed by atoms with van der Waals surface area (Å²) in [4.78, 5) is 4.40. The fraction of sp³-hybridized carbons (Fsp3) is 0.524. The number of aryl methyl sites for hydroxylation is 2. The van der Waals surface area contributed by atoms with Crippen molar-refractivity contribution in [3.63, 3.8) is 0 Å². The Morgan fingerprint density at radius 1 is 1.25 bits per heavy atom. The van der Waals surface area contributed by atoms with Crippen molar-refractivity contribution in [2.75, 3.05) is 13.6 Å². The molecule has 1 unspecified atom stereocenters. The average Bonchev–Trinajstić information content (AvgIpc) is 2.85. The Balaban J connectivity index is 0.00000392. The molecule has 0 aliphatic rings. The fourth-order valence-corrected chi connectivity index (χ4v) is 3.47. The van der Waals surface area contributed by atoms with Gasteiger partial charge in [0.15, 0.2) is 5.96 Å². The van der Waals surface area contributed by atoms with E-state index in [9.17, 15) is 0 Å². The van der Waals surface area contributed by atoms with Crippen molar-refractivity contribution >= 4 is 45.9 Å². The third kappa shape index (κ3) is 6.47. The van der Waals surface area contributed by atoms with Crippen LogP contribution in [0, 0.1) is 13.8 Å². The molecule has 0 aliphatic carbocycles. The standard InChI is InChI=1S/C21H32BrN5.HI/c1-14(12-19-15(2)26-27(7)16(19)3)25-20(23-6)24-13-21(4,5)17-8-10-18(22)11-9-17;/h8-11,14H,12-13H2,1-7H3,(H2,23,24,25);1H. The quantitative estimate of drug-likeness (QED) is 0.310. The van der Waals surface area contributed by atoms with Gasteiger partial charge >= 0.3 is 0 Å². The van der Waals surface area contributed by atoms with Crippen LogP contribution in [0.4, 0.5) is 0 Å². The van der Waals surface area contributed by atoms with Gasteiger partial charge in [0.05, 0.1) is 5.69 Å². The largest absolute Gasteiger partial charge is 0.356 e. The molecule has 5 nitrogen and oxygen atoms in total. The molecule has 0 spiro atoms. The van der Waals surface area contributed by atoms with Crippen LogP contribution in [0.1, 0.15) is 43.3 Å². The first-order chi connectivity index (χ1) is 12.6. The molecule has 156 valence electrons. The molecule has 0 amide bonds. The maximum absolute atomic E-state index is 4.51. The number of hydrogen-bond donors (Lipinski definition) is 2. The van der Waals surface area contributed by atoms with Gasteiger partial charge in [-0.25, -0.2) is 0 Å². The van der Waals surface area contributed by atoms with Gasteiger partial charge in [-0.1, -0.05) is 41.9 Å². The third-order valence-corrected chi connectivity index (χ3v) is 5.63. The normalized spacial score (nSPS) is 13.1. The number of guanidine groups is 1. The van der Waals surface area contributed by atoms with Gasteiger partial charge in [-0.3, -0.25) is 9.67 Å². The van der Waals surface area contributed by atoms with E-state index in [1.807, 2.05) is 18.8 Å². The summed E-state index contributed by atoms with van der Waals surface area (Å²) < 4.78 is 3.05. The molecule has 28 heavy (non-hydrogen) atoms. The van der Waals surface area contributed by atoms with E-state index in [-0.39, 0.29) is 35.4 Å². The number of nitrogens with zero attached hydrogens (tertiary/aromatic N) is 3. The SMILES string of the molecule is CN=C(NCC(C)(C)c1ccc(Br)cc1)NC(C)Cc1c(C)nn(C)c1C.I. The highest BCUT2D eigenvalue weighted by molar-refractivity contribution is 14.0. The van der Waals surface area contributed by atoms with Crippen LogP contribution in [0.5, 0.6) is 0 Å². The van der Waals surface area contributed by atoms with Gasteiger partial charge < -0.3 is 10.6 Å². The van der Waals surface area contributed by atoms with E-state index in [2.05, 4.69) is 95.5 Å². The highest BCUT2D eigenvalue weighted by Crippen LogP contribution is 2.24. The number of halogens is 2. The molecule has 2 N–H and O–H groups in total. The van der Waals surface area contributed by atoms with Gasteiger partial charge in [-0.15, -0.1) is 24.0 Å². The summed E-state index contributed by atoms with van der Waals surface area (Å²) in [5.74, 6) is 0.826.